The summed E-state index contributed by atoms with van der Waals surface area (Å²) in [6.07, 6.45) is 5.94. The van der Waals surface area contributed by atoms with Gasteiger partial charge in [0.1, 0.15) is 0 Å². The standard InChI is InChI=1S/C21H24N2/c1-2-7-16(8-3-1)9-6-14-22-17-12-13-21-19(15-17)18-10-4-5-11-20(18)23-21/h1-5,7-8,10-11,17,22-23H,6,9,12-15H2. The molecule has 1 aliphatic carbocycles. The van der Waals surface area contributed by atoms with E-state index < -0.39 is 0 Å². The zero-order valence-corrected chi connectivity index (χ0v) is 13.5. The molecule has 1 unspecified atom stereocenters. The van der Waals surface area contributed by atoms with Crippen molar-refractivity contribution in [2.24, 2.45) is 0 Å². The van der Waals surface area contributed by atoms with E-state index in [9.17, 15) is 0 Å². The van der Waals surface area contributed by atoms with Crippen LogP contribution in [0.2, 0.25) is 0 Å². The molecule has 3 aromatic rings. The lowest BCUT2D eigenvalue weighted by atomic mass is 9.91. The molecule has 0 saturated heterocycles. The van der Waals surface area contributed by atoms with Gasteiger partial charge in [0.25, 0.3) is 0 Å². The van der Waals surface area contributed by atoms with Crippen LogP contribution in [0.1, 0.15) is 29.7 Å². The second kappa shape index (κ2) is 6.59. The van der Waals surface area contributed by atoms with Crippen molar-refractivity contribution in [2.45, 2.75) is 38.1 Å². The molecule has 2 N–H and O–H groups in total. The molecule has 23 heavy (non-hydrogen) atoms. The van der Waals surface area contributed by atoms with Crippen molar-refractivity contribution in [3.05, 3.63) is 71.4 Å². The molecule has 0 aliphatic heterocycles. The van der Waals surface area contributed by atoms with E-state index in [-0.39, 0.29) is 0 Å². The number of H-pyrrole nitrogens is 1. The lowest BCUT2D eigenvalue weighted by Gasteiger charge is -2.23. The topological polar surface area (TPSA) is 27.8 Å². The maximum atomic E-state index is 3.77. The van der Waals surface area contributed by atoms with E-state index in [1.807, 2.05) is 0 Å². The number of fused-ring (bicyclic) bond motifs is 3. The van der Waals surface area contributed by atoms with Crippen LogP contribution in [0.5, 0.6) is 0 Å². The summed E-state index contributed by atoms with van der Waals surface area (Å²) in [4.78, 5) is 3.60. The Hall–Kier alpha value is -2.06. The lowest BCUT2D eigenvalue weighted by molar-refractivity contribution is 0.454. The highest BCUT2D eigenvalue weighted by Gasteiger charge is 2.21. The molecule has 0 fully saturated rings. The summed E-state index contributed by atoms with van der Waals surface area (Å²) < 4.78 is 0. The minimum absolute atomic E-state index is 0.623. The molecule has 0 amide bonds. The second-order valence-electron chi connectivity index (χ2n) is 6.61. The molecule has 0 bridgehead atoms. The van der Waals surface area contributed by atoms with Crippen molar-refractivity contribution < 1.29 is 0 Å². The van der Waals surface area contributed by atoms with Gasteiger partial charge in [-0.15, -0.1) is 0 Å². The maximum Gasteiger partial charge on any atom is 0.0458 e. The van der Waals surface area contributed by atoms with Crippen molar-refractivity contribution in [1.29, 1.82) is 0 Å². The van der Waals surface area contributed by atoms with Crippen LogP contribution in [0.3, 0.4) is 0 Å². The number of aromatic amines is 1. The third kappa shape index (κ3) is 3.18. The molecule has 1 aromatic heterocycles. The van der Waals surface area contributed by atoms with Crippen LogP contribution >= 0.6 is 0 Å². The zero-order valence-electron chi connectivity index (χ0n) is 13.5. The van der Waals surface area contributed by atoms with Crippen LogP contribution in [-0.2, 0) is 19.3 Å². The van der Waals surface area contributed by atoms with E-state index in [2.05, 4.69) is 64.9 Å². The molecular formula is C21H24N2. The maximum absolute atomic E-state index is 3.77. The first-order valence-electron chi connectivity index (χ1n) is 8.76. The van der Waals surface area contributed by atoms with Crippen LogP contribution in [0.4, 0.5) is 0 Å². The second-order valence-corrected chi connectivity index (χ2v) is 6.61. The monoisotopic (exact) mass is 304 g/mol. The summed E-state index contributed by atoms with van der Waals surface area (Å²) in [7, 11) is 0. The predicted molar refractivity (Wildman–Crippen MR) is 96.9 cm³/mol. The summed E-state index contributed by atoms with van der Waals surface area (Å²) >= 11 is 0. The van der Waals surface area contributed by atoms with Crippen LogP contribution < -0.4 is 5.32 Å². The molecule has 1 heterocycles. The minimum atomic E-state index is 0.623. The summed E-state index contributed by atoms with van der Waals surface area (Å²) in [5.41, 5.74) is 5.72. The third-order valence-electron chi connectivity index (χ3n) is 5.01. The molecule has 1 aliphatic rings. The molecule has 2 aromatic carbocycles. The quantitative estimate of drug-likeness (QED) is 0.678. The molecule has 2 heteroatoms. The van der Waals surface area contributed by atoms with E-state index in [4.69, 9.17) is 0 Å². The van der Waals surface area contributed by atoms with Gasteiger partial charge in [-0.2, -0.15) is 0 Å². The Bertz CT molecular complexity index is 773. The van der Waals surface area contributed by atoms with E-state index in [0.29, 0.717) is 6.04 Å². The molecule has 4 rings (SSSR count). The Kier molecular flexibility index (Phi) is 4.16. The average Bonchev–Trinajstić information content (AvgIpc) is 2.98. The molecule has 0 saturated carbocycles. The van der Waals surface area contributed by atoms with Crippen molar-refractivity contribution in [1.82, 2.24) is 10.3 Å². The molecule has 0 radical (unpaired) electrons. The Labute approximate surface area is 137 Å². The first kappa shape index (κ1) is 14.5. The van der Waals surface area contributed by atoms with Crippen molar-refractivity contribution in [2.75, 3.05) is 6.54 Å². The van der Waals surface area contributed by atoms with Gasteiger partial charge < -0.3 is 10.3 Å². The molecular weight excluding hydrogens is 280 g/mol. The van der Waals surface area contributed by atoms with E-state index >= 15 is 0 Å². The summed E-state index contributed by atoms with van der Waals surface area (Å²) in [5.74, 6) is 0. The smallest absolute Gasteiger partial charge is 0.0458 e. The predicted octanol–water partition coefficient (Wildman–Crippen LogP) is 4.25. The van der Waals surface area contributed by atoms with Gasteiger partial charge in [0.2, 0.25) is 0 Å². The third-order valence-corrected chi connectivity index (χ3v) is 5.01. The van der Waals surface area contributed by atoms with Gasteiger partial charge in [0, 0.05) is 22.6 Å². The van der Waals surface area contributed by atoms with Crippen molar-refractivity contribution in [3.8, 4) is 0 Å². The van der Waals surface area contributed by atoms with Crippen molar-refractivity contribution >= 4 is 10.9 Å². The Balaban J connectivity index is 1.33. The summed E-state index contributed by atoms with van der Waals surface area (Å²) in [6, 6.07) is 20.1. The fraction of sp³-hybridized carbons (Fsp3) is 0.333. The normalized spacial score (nSPS) is 17.3. The largest absolute Gasteiger partial charge is 0.358 e. The number of hydrogen-bond donors (Lipinski definition) is 2. The Morgan fingerprint density at radius 2 is 1.83 bits per heavy atom. The fourth-order valence-corrected chi connectivity index (χ4v) is 3.79. The Morgan fingerprint density at radius 3 is 2.74 bits per heavy atom. The number of benzene rings is 2. The highest BCUT2D eigenvalue weighted by atomic mass is 14.9. The molecule has 0 spiro atoms. The number of hydrogen-bond acceptors (Lipinski definition) is 1. The first-order valence-corrected chi connectivity index (χ1v) is 8.76. The van der Waals surface area contributed by atoms with Gasteiger partial charge in [-0.1, -0.05) is 48.5 Å². The van der Waals surface area contributed by atoms with Gasteiger partial charge in [-0.25, -0.2) is 0 Å². The number of aromatic nitrogens is 1. The van der Waals surface area contributed by atoms with Gasteiger partial charge in [0.15, 0.2) is 0 Å². The fourth-order valence-electron chi connectivity index (χ4n) is 3.79. The van der Waals surface area contributed by atoms with Gasteiger partial charge in [-0.05, 0) is 55.8 Å². The number of para-hydroxylation sites is 1. The highest BCUT2D eigenvalue weighted by Crippen LogP contribution is 2.29. The highest BCUT2D eigenvalue weighted by molar-refractivity contribution is 5.84. The van der Waals surface area contributed by atoms with Crippen LogP contribution in [0, 0.1) is 0 Å². The zero-order chi connectivity index (χ0) is 15.5. The van der Waals surface area contributed by atoms with Crippen molar-refractivity contribution in [3.63, 3.8) is 0 Å². The lowest BCUT2D eigenvalue weighted by Crippen LogP contribution is -2.35. The number of aryl methyl sites for hydroxylation is 2. The van der Waals surface area contributed by atoms with Crippen LogP contribution in [-0.4, -0.2) is 17.6 Å². The van der Waals surface area contributed by atoms with Crippen LogP contribution in [0.25, 0.3) is 10.9 Å². The first-order chi connectivity index (χ1) is 11.4. The molecule has 1 atom stereocenters. The average molecular weight is 304 g/mol. The van der Waals surface area contributed by atoms with E-state index in [1.165, 1.54) is 53.4 Å². The molecule has 118 valence electrons. The molecule has 2 nitrogen and oxygen atoms in total. The SMILES string of the molecule is c1ccc(CCCNC2CCc3[nH]c4ccccc4c3C2)cc1. The van der Waals surface area contributed by atoms with E-state index in [1.54, 1.807) is 0 Å². The number of nitrogens with one attached hydrogen (secondary N) is 2. The summed E-state index contributed by atoms with van der Waals surface area (Å²) in [6.45, 7) is 1.11. The Morgan fingerprint density at radius 1 is 1.00 bits per heavy atom. The van der Waals surface area contributed by atoms with Crippen LogP contribution in [0.15, 0.2) is 54.6 Å². The number of rotatable bonds is 5. The van der Waals surface area contributed by atoms with Gasteiger partial charge >= 0.3 is 0 Å². The summed E-state index contributed by atoms with van der Waals surface area (Å²) in [5, 5.41) is 5.19. The van der Waals surface area contributed by atoms with E-state index in [0.717, 1.165) is 13.0 Å². The minimum Gasteiger partial charge on any atom is -0.358 e. The van der Waals surface area contributed by atoms with Gasteiger partial charge in [-0.3, -0.25) is 0 Å². The van der Waals surface area contributed by atoms with Gasteiger partial charge in [0.05, 0.1) is 0 Å².